The molecule has 1 amide bonds. The summed E-state index contributed by atoms with van der Waals surface area (Å²) in [4.78, 5) is 16.8. The molecule has 0 radical (unpaired) electrons. The van der Waals surface area contributed by atoms with Gasteiger partial charge < -0.3 is 10.2 Å². The molecule has 1 aliphatic heterocycles. The summed E-state index contributed by atoms with van der Waals surface area (Å²) in [7, 11) is 0. The van der Waals surface area contributed by atoms with Crippen molar-refractivity contribution in [1.82, 2.24) is 10.2 Å². The number of rotatable bonds is 4. The van der Waals surface area contributed by atoms with Crippen LogP contribution in [-0.4, -0.2) is 49.1 Å². The lowest BCUT2D eigenvalue weighted by Crippen LogP contribution is -2.54. The van der Waals surface area contributed by atoms with Crippen LogP contribution in [0.4, 0.5) is 5.69 Å². The van der Waals surface area contributed by atoms with Crippen molar-refractivity contribution in [3.8, 4) is 0 Å². The summed E-state index contributed by atoms with van der Waals surface area (Å²) >= 11 is 6.12. The van der Waals surface area contributed by atoms with Crippen LogP contribution in [0, 0.1) is 6.92 Å². The fourth-order valence-electron chi connectivity index (χ4n) is 2.99. The molecule has 0 bridgehead atoms. The SMILES string of the molecule is Cc1ccc(Cl)cc1N1CCN(C(C)C(=O)NC2CC2)CC1. The summed E-state index contributed by atoms with van der Waals surface area (Å²) in [5, 5.41) is 3.88. The van der Waals surface area contributed by atoms with Gasteiger partial charge in [-0.25, -0.2) is 0 Å². The second kappa shape index (κ2) is 6.47. The highest BCUT2D eigenvalue weighted by molar-refractivity contribution is 6.30. The molecular formula is C17H24ClN3O. The normalized spacial score (nSPS) is 20.8. The number of benzene rings is 1. The number of anilines is 1. The van der Waals surface area contributed by atoms with Crippen molar-refractivity contribution >= 4 is 23.2 Å². The molecule has 4 nitrogen and oxygen atoms in total. The lowest BCUT2D eigenvalue weighted by atomic mass is 10.1. The minimum Gasteiger partial charge on any atom is -0.369 e. The number of hydrogen-bond acceptors (Lipinski definition) is 3. The van der Waals surface area contributed by atoms with Crippen LogP contribution in [0.3, 0.4) is 0 Å². The highest BCUT2D eigenvalue weighted by atomic mass is 35.5. The maximum Gasteiger partial charge on any atom is 0.237 e. The van der Waals surface area contributed by atoms with Gasteiger partial charge in [0, 0.05) is 42.9 Å². The molecular weight excluding hydrogens is 298 g/mol. The van der Waals surface area contributed by atoms with Crippen molar-refractivity contribution in [2.75, 3.05) is 31.1 Å². The first kappa shape index (κ1) is 15.6. The molecule has 120 valence electrons. The van der Waals surface area contributed by atoms with E-state index in [0.29, 0.717) is 6.04 Å². The van der Waals surface area contributed by atoms with E-state index >= 15 is 0 Å². The summed E-state index contributed by atoms with van der Waals surface area (Å²) < 4.78 is 0. The van der Waals surface area contributed by atoms with Crippen LogP contribution >= 0.6 is 11.6 Å². The maximum atomic E-state index is 12.2. The predicted molar refractivity (Wildman–Crippen MR) is 90.6 cm³/mol. The zero-order chi connectivity index (χ0) is 15.7. The minimum absolute atomic E-state index is 0.0387. The Morgan fingerprint density at radius 1 is 1.27 bits per heavy atom. The fourth-order valence-corrected chi connectivity index (χ4v) is 3.15. The predicted octanol–water partition coefficient (Wildman–Crippen LogP) is 2.44. The minimum atomic E-state index is -0.0387. The van der Waals surface area contributed by atoms with Crippen LogP contribution in [0.15, 0.2) is 18.2 Å². The highest BCUT2D eigenvalue weighted by Crippen LogP contribution is 2.25. The first-order valence-electron chi connectivity index (χ1n) is 8.10. The Morgan fingerprint density at radius 3 is 2.59 bits per heavy atom. The van der Waals surface area contributed by atoms with Gasteiger partial charge in [0.05, 0.1) is 6.04 Å². The third-order valence-corrected chi connectivity index (χ3v) is 4.91. The first-order valence-corrected chi connectivity index (χ1v) is 8.48. The smallest absolute Gasteiger partial charge is 0.237 e. The lowest BCUT2D eigenvalue weighted by molar-refractivity contribution is -0.126. The molecule has 0 aromatic heterocycles. The Hall–Kier alpha value is -1.26. The molecule has 1 saturated heterocycles. The van der Waals surface area contributed by atoms with E-state index in [2.05, 4.69) is 28.1 Å². The van der Waals surface area contributed by atoms with Gasteiger partial charge in [0.15, 0.2) is 0 Å². The van der Waals surface area contributed by atoms with Crippen molar-refractivity contribution < 1.29 is 4.79 Å². The number of carbonyl (C=O) groups is 1. The largest absolute Gasteiger partial charge is 0.369 e. The molecule has 1 aromatic rings. The van der Waals surface area contributed by atoms with E-state index in [9.17, 15) is 4.79 Å². The molecule has 2 fully saturated rings. The van der Waals surface area contributed by atoms with E-state index in [-0.39, 0.29) is 11.9 Å². The molecule has 5 heteroatoms. The van der Waals surface area contributed by atoms with Crippen molar-refractivity contribution in [3.63, 3.8) is 0 Å². The molecule has 22 heavy (non-hydrogen) atoms. The average molecular weight is 322 g/mol. The number of carbonyl (C=O) groups excluding carboxylic acids is 1. The van der Waals surface area contributed by atoms with E-state index in [1.807, 2.05) is 19.1 Å². The quantitative estimate of drug-likeness (QED) is 0.925. The standard InChI is InChI=1S/C17H24ClN3O/c1-12-3-4-14(18)11-16(12)21-9-7-20(8-10-21)13(2)17(22)19-15-5-6-15/h3-4,11,13,15H,5-10H2,1-2H3,(H,19,22). The van der Waals surface area contributed by atoms with E-state index in [4.69, 9.17) is 11.6 Å². The molecule has 1 aliphatic carbocycles. The molecule has 1 heterocycles. The maximum absolute atomic E-state index is 12.2. The summed E-state index contributed by atoms with van der Waals surface area (Å²) in [5.74, 6) is 0.176. The second-order valence-corrected chi connectivity index (χ2v) is 6.85. The van der Waals surface area contributed by atoms with Crippen LogP contribution in [-0.2, 0) is 4.79 Å². The molecule has 1 aromatic carbocycles. The third-order valence-electron chi connectivity index (χ3n) is 4.68. The zero-order valence-corrected chi connectivity index (χ0v) is 14.1. The van der Waals surface area contributed by atoms with Crippen molar-refractivity contribution in [3.05, 3.63) is 28.8 Å². The van der Waals surface area contributed by atoms with E-state index < -0.39 is 0 Å². The molecule has 3 rings (SSSR count). The summed E-state index contributed by atoms with van der Waals surface area (Å²) in [6.45, 7) is 7.81. The average Bonchev–Trinajstić information content (AvgIpc) is 3.33. The summed E-state index contributed by atoms with van der Waals surface area (Å²) in [5.41, 5.74) is 2.46. The Balaban J connectivity index is 1.57. The van der Waals surface area contributed by atoms with Crippen LogP contribution in [0.25, 0.3) is 0 Å². The number of piperazine rings is 1. The first-order chi connectivity index (χ1) is 10.5. The summed E-state index contributed by atoms with van der Waals surface area (Å²) in [6, 6.07) is 6.43. The Kier molecular flexibility index (Phi) is 4.59. The number of hydrogen-bond donors (Lipinski definition) is 1. The van der Waals surface area contributed by atoms with Crippen LogP contribution < -0.4 is 10.2 Å². The van der Waals surface area contributed by atoms with Gasteiger partial charge in [-0.15, -0.1) is 0 Å². The van der Waals surface area contributed by atoms with Crippen LogP contribution in [0.1, 0.15) is 25.3 Å². The number of halogens is 1. The Bertz CT molecular complexity index is 551. The Morgan fingerprint density at radius 2 is 1.95 bits per heavy atom. The molecule has 0 spiro atoms. The molecule has 1 unspecified atom stereocenters. The van der Waals surface area contributed by atoms with E-state index in [1.54, 1.807) is 0 Å². The molecule has 1 saturated carbocycles. The monoisotopic (exact) mass is 321 g/mol. The topological polar surface area (TPSA) is 35.6 Å². The number of nitrogens with one attached hydrogen (secondary N) is 1. The lowest BCUT2D eigenvalue weighted by Gasteiger charge is -2.39. The van der Waals surface area contributed by atoms with Gasteiger partial charge in [-0.2, -0.15) is 0 Å². The number of nitrogens with zero attached hydrogens (tertiary/aromatic N) is 2. The fraction of sp³-hybridized carbons (Fsp3) is 0.588. The van der Waals surface area contributed by atoms with Gasteiger partial charge in [0.1, 0.15) is 0 Å². The third kappa shape index (κ3) is 3.55. The van der Waals surface area contributed by atoms with E-state index in [1.165, 1.54) is 11.3 Å². The van der Waals surface area contributed by atoms with E-state index in [0.717, 1.165) is 44.0 Å². The summed E-state index contributed by atoms with van der Waals surface area (Å²) in [6.07, 6.45) is 2.28. The Labute approximate surface area is 137 Å². The van der Waals surface area contributed by atoms with Gasteiger partial charge in [0.25, 0.3) is 0 Å². The zero-order valence-electron chi connectivity index (χ0n) is 13.3. The molecule has 1 atom stereocenters. The van der Waals surface area contributed by atoms with Crippen LogP contribution in [0.5, 0.6) is 0 Å². The highest BCUT2D eigenvalue weighted by Gasteiger charge is 2.30. The van der Waals surface area contributed by atoms with Crippen molar-refractivity contribution in [1.29, 1.82) is 0 Å². The van der Waals surface area contributed by atoms with Crippen molar-refractivity contribution in [2.45, 2.75) is 38.8 Å². The number of amides is 1. The van der Waals surface area contributed by atoms with Gasteiger partial charge >= 0.3 is 0 Å². The second-order valence-electron chi connectivity index (χ2n) is 6.41. The molecule has 2 aliphatic rings. The molecule has 1 N–H and O–H groups in total. The number of aryl methyl sites for hydroxylation is 1. The van der Waals surface area contributed by atoms with Gasteiger partial charge in [-0.1, -0.05) is 17.7 Å². The van der Waals surface area contributed by atoms with Crippen LogP contribution in [0.2, 0.25) is 5.02 Å². The van der Waals surface area contributed by atoms with Crippen molar-refractivity contribution in [2.24, 2.45) is 0 Å². The van der Waals surface area contributed by atoms with Gasteiger partial charge in [0.2, 0.25) is 5.91 Å². The van der Waals surface area contributed by atoms with Gasteiger partial charge in [-0.05, 0) is 44.4 Å². The van der Waals surface area contributed by atoms with Gasteiger partial charge in [-0.3, -0.25) is 9.69 Å².